The van der Waals surface area contributed by atoms with Crippen LogP contribution >= 0.6 is 35.3 Å². The Morgan fingerprint density at radius 2 is 0.611 bits per heavy atom. The van der Waals surface area contributed by atoms with Gasteiger partial charge in [-0.2, -0.15) is 35.3 Å². The van der Waals surface area contributed by atoms with E-state index in [1.807, 2.05) is 32.6 Å². The van der Waals surface area contributed by atoms with Crippen molar-refractivity contribution < 1.29 is 57.2 Å². The number of unbranched alkanes of at least 4 members (excludes halogenated alkanes) is 15. The maximum absolute atomic E-state index is 12.8. The van der Waals surface area contributed by atoms with Gasteiger partial charge in [-0.3, -0.25) is 28.8 Å². The van der Waals surface area contributed by atoms with E-state index < -0.39 is 11.9 Å². The molecular weight excluding hydrogens is 977 g/mol. The van der Waals surface area contributed by atoms with Gasteiger partial charge >= 0.3 is 35.8 Å². The van der Waals surface area contributed by atoms with Crippen LogP contribution in [0.25, 0.3) is 0 Å². The van der Waals surface area contributed by atoms with Crippen molar-refractivity contribution in [2.75, 3.05) is 113 Å². The van der Waals surface area contributed by atoms with Gasteiger partial charge in [0.1, 0.15) is 39.6 Å². The fourth-order valence-electron chi connectivity index (χ4n) is 7.27. The Hall–Kier alpha value is -2.21. The van der Waals surface area contributed by atoms with Gasteiger partial charge in [-0.1, -0.05) is 145 Å². The lowest BCUT2D eigenvalue weighted by Gasteiger charge is -2.26. The summed E-state index contributed by atoms with van der Waals surface area (Å²) in [4.78, 5) is 79.7. The van der Waals surface area contributed by atoms with Crippen molar-refractivity contribution in [3.63, 3.8) is 0 Å². The van der Waals surface area contributed by atoms with Gasteiger partial charge in [-0.25, -0.2) is 0 Å². The van der Waals surface area contributed by atoms with Crippen LogP contribution in [0.15, 0.2) is 0 Å². The minimum absolute atomic E-state index is 0.00551. The second kappa shape index (κ2) is 50.9. The third kappa shape index (κ3) is 44.1. The molecule has 0 rings (SSSR count). The summed E-state index contributed by atoms with van der Waals surface area (Å²) in [6.45, 7) is 16.8. The van der Waals surface area contributed by atoms with Crippen molar-refractivity contribution in [3.05, 3.63) is 0 Å². The Kier molecular flexibility index (Phi) is 49.4. The maximum Gasteiger partial charge on any atom is 0.309 e. The Bertz CT molecular complexity index is 1300. The third-order valence-electron chi connectivity index (χ3n) is 12.1. The van der Waals surface area contributed by atoms with E-state index in [0.717, 1.165) is 36.5 Å². The van der Waals surface area contributed by atoms with Crippen LogP contribution in [-0.2, 0) is 57.2 Å². The lowest BCUT2D eigenvalue weighted by atomic mass is 10.1. The first-order valence-electron chi connectivity index (χ1n) is 28.0. The van der Waals surface area contributed by atoms with Crippen molar-refractivity contribution in [2.45, 2.75) is 183 Å². The number of hydrogen-bond acceptors (Lipinski definition) is 17. The number of carbonyl (C=O) groups is 6. The average Bonchev–Trinajstić information content (AvgIpc) is 3.37. The molecule has 0 aromatic carbocycles. The fraction of sp³-hybridized carbons (Fsp3) is 0.891. The maximum atomic E-state index is 12.8. The van der Waals surface area contributed by atoms with Crippen LogP contribution in [0, 0.1) is 17.8 Å². The molecule has 0 radical (unpaired) electrons. The lowest BCUT2D eigenvalue weighted by molar-refractivity contribution is -0.154. The molecule has 17 heteroatoms. The Morgan fingerprint density at radius 3 is 0.917 bits per heavy atom. The van der Waals surface area contributed by atoms with E-state index >= 15 is 0 Å². The highest BCUT2D eigenvalue weighted by molar-refractivity contribution is 7.99. The summed E-state index contributed by atoms with van der Waals surface area (Å²) in [6.07, 6.45) is 22.6. The van der Waals surface area contributed by atoms with Crippen LogP contribution in [0.2, 0.25) is 0 Å². The monoisotopic (exact) mass is 1080 g/mol. The van der Waals surface area contributed by atoms with E-state index in [1.54, 1.807) is 35.3 Å². The van der Waals surface area contributed by atoms with Gasteiger partial charge < -0.3 is 38.2 Å². The van der Waals surface area contributed by atoms with Crippen LogP contribution in [0.3, 0.4) is 0 Å². The SMILES string of the molecule is CCCCCCCCSCC(C)C(=O)OCCOC(=O)CCN(CC)CCN(CCC(=O)OCCOC(=O)C(C)CSCCCCCCCC)CCC(=O)OCCOC(=O)C(C)CSCCCCCCCC. The molecule has 0 aliphatic rings. The molecule has 3 atom stereocenters. The van der Waals surface area contributed by atoms with E-state index in [-0.39, 0.29) is 101 Å². The van der Waals surface area contributed by atoms with Crippen LogP contribution in [0.5, 0.6) is 0 Å². The van der Waals surface area contributed by atoms with Crippen LogP contribution < -0.4 is 0 Å². The van der Waals surface area contributed by atoms with Gasteiger partial charge in [-0.15, -0.1) is 0 Å². The van der Waals surface area contributed by atoms with E-state index in [4.69, 9.17) is 28.4 Å². The highest BCUT2D eigenvalue weighted by Crippen LogP contribution is 2.17. The van der Waals surface area contributed by atoms with Crippen LogP contribution in [0.1, 0.15) is 183 Å². The fourth-order valence-corrected chi connectivity index (χ4v) is 10.5. The number of esters is 6. The number of ether oxygens (including phenoxy) is 6. The first-order valence-corrected chi connectivity index (χ1v) is 31.5. The lowest BCUT2D eigenvalue weighted by Crippen LogP contribution is -2.38. The number of thioether (sulfide) groups is 3. The average molecular weight is 1080 g/mol. The smallest absolute Gasteiger partial charge is 0.309 e. The quantitative estimate of drug-likeness (QED) is 0.0321. The molecule has 0 aromatic rings. The zero-order chi connectivity index (χ0) is 53.3. The zero-order valence-electron chi connectivity index (χ0n) is 46.3. The molecule has 0 aliphatic heterocycles. The minimum atomic E-state index is -0.448. The molecule has 0 aliphatic carbocycles. The summed E-state index contributed by atoms with van der Waals surface area (Å²) in [5.41, 5.74) is 0. The number of hydrogen-bond donors (Lipinski definition) is 0. The van der Waals surface area contributed by atoms with Crippen LogP contribution in [-0.4, -0.2) is 159 Å². The van der Waals surface area contributed by atoms with Gasteiger partial charge in [-0.05, 0) is 43.1 Å². The molecule has 0 aromatic heterocycles. The van der Waals surface area contributed by atoms with Crippen molar-refractivity contribution in [2.24, 2.45) is 17.8 Å². The summed E-state index contributed by atoms with van der Waals surface area (Å²) in [7, 11) is 0. The Morgan fingerprint density at radius 1 is 0.347 bits per heavy atom. The number of nitrogens with zero attached hydrogens (tertiary/aromatic N) is 2. The van der Waals surface area contributed by atoms with E-state index in [2.05, 4.69) is 25.7 Å². The van der Waals surface area contributed by atoms with Crippen molar-refractivity contribution >= 4 is 71.1 Å². The Labute approximate surface area is 450 Å². The highest BCUT2D eigenvalue weighted by atomic mass is 32.2. The molecule has 0 saturated carbocycles. The molecule has 72 heavy (non-hydrogen) atoms. The highest BCUT2D eigenvalue weighted by Gasteiger charge is 2.19. The van der Waals surface area contributed by atoms with E-state index in [0.29, 0.717) is 56.5 Å². The van der Waals surface area contributed by atoms with E-state index in [9.17, 15) is 28.8 Å². The molecule has 0 saturated heterocycles. The van der Waals surface area contributed by atoms with Crippen molar-refractivity contribution in [1.82, 2.24) is 9.80 Å². The molecule has 0 N–H and O–H groups in total. The second-order valence-electron chi connectivity index (χ2n) is 18.9. The van der Waals surface area contributed by atoms with Crippen molar-refractivity contribution in [1.29, 1.82) is 0 Å². The van der Waals surface area contributed by atoms with Gasteiger partial charge in [0.25, 0.3) is 0 Å². The predicted molar refractivity (Wildman–Crippen MR) is 298 cm³/mol. The van der Waals surface area contributed by atoms with Gasteiger partial charge in [0.05, 0.1) is 37.0 Å². The number of likely N-dealkylation sites (N-methyl/N-ethyl adjacent to an activating group) is 1. The summed E-state index contributed by atoms with van der Waals surface area (Å²) in [5.74, 6) is 2.30. The first kappa shape index (κ1) is 69.8. The molecule has 0 heterocycles. The zero-order valence-corrected chi connectivity index (χ0v) is 48.8. The van der Waals surface area contributed by atoms with Crippen LogP contribution in [0.4, 0.5) is 0 Å². The topological polar surface area (TPSA) is 164 Å². The minimum Gasteiger partial charge on any atom is -0.462 e. The standard InChI is InChI=1S/C55H102N2O12S3/c1-8-12-15-18-21-24-41-70-44-47(5)53(61)67-38-35-64-50(58)27-30-56(11-4)33-34-57(31-28-51(59)65-36-39-68-54(62)48(6)45-71-42-25-22-19-16-13-9-2)32-29-52(60)66-37-40-69-55(63)49(7)46-72-43-26-23-20-17-14-10-3/h47-49H,8-46H2,1-7H3. The summed E-state index contributed by atoms with van der Waals surface area (Å²) in [5, 5.41) is 0. The van der Waals surface area contributed by atoms with Gasteiger partial charge in [0.2, 0.25) is 0 Å². The summed E-state index contributed by atoms with van der Waals surface area (Å²) >= 11 is 5.31. The molecule has 0 bridgehead atoms. The predicted octanol–water partition coefficient (Wildman–Crippen LogP) is 11.2. The number of rotatable bonds is 52. The molecule has 3 unspecified atom stereocenters. The molecular formula is C55H102N2O12S3. The second-order valence-corrected chi connectivity index (χ2v) is 22.4. The van der Waals surface area contributed by atoms with Gasteiger partial charge in [0, 0.05) is 50.0 Å². The molecule has 0 fully saturated rings. The Balaban J connectivity index is 4.88. The summed E-state index contributed by atoms with van der Waals surface area (Å²) in [6, 6.07) is 0. The first-order chi connectivity index (χ1) is 34.9. The third-order valence-corrected chi connectivity index (χ3v) is 16.0. The molecule has 14 nitrogen and oxygen atoms in total. The molecule has 0 amide bonds. The normalized spacial score (nSPS) is 12.6. The molecule has 422 valence electrons. The largest absolute Gasteiger partial charge is 0.462 e. The number of carbonyl (C=O) groups excluding carboxylic acids is 6. The van der Waals surface area contributed by atoms with E-state index in [1.165, 1.54) is 96.3 Å². The van der Waals surface area contributed by atoms with Crippen molar-refractivity contribution in [3.8, 4) is 0 Å². The summed E-state index contributed by atoms with van der Waals surface area (Å²) < 4.78 is 32.3. The molecule has 0 spiro atoms. The van der Waals surface area contributed by atoms with Gasteiger partial charge in [0.15, 0.2) is 0 Å².